The van der Waals surface area contributed by atoms with Crippen molar-refractivity contribution < 1.29 is 23.0 Å². The fourth-order valence-corrected chi connectivity index (χ4v) is 6.51. The fraction of sp³-hybridized carbons (Fsp3) is 0.407. The molecule has 2 saturated heterocycles. The Balaban J connectivity index is 1.43. The van der Waals surface area contributed by atoms with Crippen LogP contribution in [0.15, 0.2) is 41.5 Å². The van der Waals surface area contributed by atoms with E-state index in [2.05, 4.69) is 9.98 Å². The quantitative estimate of drug-likeness (QED) is 0.631. The van der Waals surface area contributed by atoms with Gasteiger partial charge in [0.05, 0.1) is 43.2 Å². The Labute approximate surface area is 223 Å². The number of amides is 1. The number of ether oxygens (including phenoxy) is 2. The van der Waals surface area contributed by atoms with Crippen LogP contribution in [-0.2, 0) is 19.8 Å². The van der Waals surface area contributed by atoms with Crippen LogP contribution in [0.25, 0.3) is 11.9 Å². The number of thioether (sulfide) groups is 1. The molecule has 1 aromatic heterocycles. The second kappa shape index (κ2) is 9.76. The summed E-state index contributed by atoms with van der Waals surface area (Å²) >= 11 is 1.17. The maximum atomic E-state index is 15.2. The number of nitriles is 1. The van der Waals surface area contributed by atoms with Gasteiger partial charge in [-0.05, 0) is 49.8 Å². The molecule has 2 atom stereocenters. The highest BCUT2D eigenvalue weighted by Gasteiger charge is 2.52. The number of nitrogens with two attached hydrogens (primary N) is 1. The van der Waals surface area contributed by atoms with Gasteiger partial charge < -0.3 is 20.1 Å². The van der Waals surface area contributed by atoms with E-state index in [-0.39, 0.29) is 28.8 Å². The Hall–Kier alpha value is -3.33. The smallest absolute Gasteiger partial charge is 0.239 e. The summed E-state index contributed by atoms with van der Waals surface area (Å²) in [5, 5.41) is 9.10. The van der Waals surface area contributed by atoms with Crippen LogP contribution >= 0.6 is 11.8 Å². The van der Waals surface area contributed by atoms with E-state index in [1.54, 1.807) is 18.7 Å². The lowest BCUT2D eigenvalue weighted by atomic mass is 9.81. The van der Waals surface area contributed by atoms with Crippen molar-refractivity contribution in [1.29, 1.82) is 5.26 Å². The summed E-state index contributed by atoms with van der Waals surface area (Å²) in [5.74, 6) is -1.28. The Morgan fingerprint density at radius 1 is 1.29 bits per heavy atom. The molecule has 38 heavy (non-hydrogen) atoms. The van der Waals surface area contributed by atoms with Crippen molar-refractivity contribution in [3.63, 3.8) is 0 Å². The van der Waals surface area contributed by atoms with Crippen LogP contribution in [0.5, 0.6) is 0 Å². The lowest BCUT2D eigenvalue weighted by Gasteiger charge is -2.50. The summed E-state index contributed by atoms with van der Waals surface area (Å²) in [6.07, 6.45) is 2.71. The predicted octanol–water partition coefficient (Wildman–Crippen LogP) is 3.61. The van der Waals surface area contributed by atoms with Crippen molar-refractivity contribution in [2.75, 3.05) is 32.9 Å². The van der Waals surface area contributed by atoms with Crippen LogP contribution in [-0.4, -0.2) is 64.2 Å². The molecule has 0 saturated carbocycles. The number of carbonyl (C=O) groups is 1. The number of rotatable bonds is 4. The number of nitrogens with zero attached hydrogens (tertiary/aromatic N) is 4. The molecule has 11 heteroatoms. The van der Waals surface area contributed by atoms with Crippen molar-refractivity contribution in [2.45, 2.75) is 36.2 Å². The number of carbonyl (C=O) groups excluding carboxylic acids is 1. The lowest BCUT2D eigenvalue weighted by Crippen LogP contribution is -2.65. The highest BCUT2D eigenvalue weighted by molar-refractivity contribution is 8.15. The molecule has 4 heterocycles. The van der Waals surface area contributed by atoms with E-state index in [0.29, 0.717) is 44.0 Å². The molecule has 8 nitrogen and oxygen atoms in total. The summed E-state index contributed by atoms with van der Waals surface area (Å²) in [6, 6.07) is 9.03. The van der Waals surface area contributed by atoms with E-state index in [1.807, 2.05) is 6.07 Å². The minimum Gasteiger partial charge on any atom is -0.378 e. The molecule has 0 bridgehead atoms. The van der Waals surface area contributed by atoms with Gasteiger partial charge in [0, 0.05) is 24.7 Å². The van der Waals surface area contributed by atoms with Crippen molar-refractivity contribution in [1.82, 2.24) is 9.88 Å². The molecular weight excluding hydrogens is 512 g/mol. The van der Waals surface area contributed by atoms with Gasteiger partial charge in [0.15, 0.2) is 5.17 Å². The molecular formula is C27H27F2N5O3S. The summed E-state index contributed by atoms with van der Waals surface area (Å²) in [5.41, 5.74) is 5.56. The molecule has 198 valence electrons. The van der Waals surface area contributed by atoms with Gasteiger partial charge in [0.25, 0.3) is 0 Å². The molecule has 1 aromatic carbocycles. The first-order chi connectivity index (χ1) is 18.0. The molecule has 2 fully saturated rings. The zero-order valence-corrected chi connectivity index (χ0v) is 21.9. The van der Waals surface area contributed by atoms with Gasteiger partial charge in [-0.25, -0.2) is 8.78 Å². The van der Waals surface area contributed by atoms with Gasteiger partial charge in [-0.2, -0.15) is 5.26 Å². The third-order valence-electron chi connectivity index (χ3n) is 7.09. The van der Waals surface area contributed by atoms with E-state index >= 15 is 4.39 Å². The lowest BCUT2D eigenvalue weighted by molar-refractivity contribution is -0.237. The highest BCUT2D eigenvalue weighted by atomic mass is 32.2. The third kappa shape index (κ3) is 4.91. The highest BCUT2D eigenvalue weighted by Crippen LogP contribution is 2.47. The second-order valence-electron chi connectivity index (χ2n) is 10.3. The largest absolute Gasteiger partial charge is 0.378 e. The van der Waals surface area contributed by atoms with Crippen molar-refractivity contribution in [3.05, 3.63) is 64.7 Å². The van der Waals surface area contributed by atoms with Gasteiger partial charge in [0.1, 0.15) is 28.1 Å². The van der Waals surface area contributed by atoms with Crippen LogP contribution in [0.1, 0.15) is 42.7 Å². The topological polar surface area (TPSA) is 114 Å². The number of benzene rings is 1. The Kier molecular flexibility index (Phi) is 6.75. The number of hydrogen-bond acceptors (Lipinski definition) is 8. The monoisotopic (exact) mass is 539 g/mol. The molecule has 2 N–H and O–H groups in total. The predicted molar refractivity (Wildman–Crippen MR) is 140 cm³/mol. The van der Waals surface area contributed by atoms with E-state index in [1.165, 1.54) is 54.4 Å². The number of aromatic nitrogens is 1. The van der Waals surface area contributed by atoms with Gasteiger partial charge in [-0.1, -0.05) is 17.8 Å². The molecule has 3 aliphatic heterocycles. The van der Waals surface area contributed by atoms with Crippen LogP contribution < -0.4 is 5.73 Å². The van der Waals surface area contributed by atoms with Gasteiger partial charge in [-0.3, -0.25) is 14.8 Å². The molecule has 1 amide bonds. The Morgan fingerprint density at radius 2 is 2.08 bits per heavy atom. The summed E-state index contributed by atoms with van der Waals surface area (Å²) in [7, 11) is 0. The molecule has 0 radical (unpaired) electrons. The SMILES string of the molecule is C[C@]1(C(=O)N2CCOC3(COC3)C2)C[C@@](C)(c2cc(/C=C(\F)c3ccc(C#N)cn3)ccc2F)N=C(N)S1. The first-order valence-electron chi connectivity index (χ1n) is 12.1. The van der Waals surface area contributed by atoms with Crippen molar-refractivity contribution in [3.8, 4) is 6.07 Å². The zero-order valence-electron chi connectivity index (χ0n) is 21.0. The first kappa shape index (κ1) is 26.3. The molecule has 2 aromatic rings. The van der Waals surface area contributed by atoms with Gasteiger partial charge in [0.2, 0.25) is 5.91 Å². The number of morpholine rings is 1. The Bertz CT molecular complexity index is 1370. The normalized spacial score (nSPS) is 26.9. The number of amidine groups is 1. The van der Waals surface area contributed by atoms with E-state index < -0.39 is 27.5 Å². The fourth-order valence-electron chi connectivity index (χ4n) is 5.23. The average molecular weight is 540 g/mol. The van der Waals surface area contributed by atoms with E-state index in [9.17, 15) is 9.18 Å². The van der Waals surface area contributed by atoms with Crippen LogP contribution in [0.2, 0.25) is 0 Å². The standard InChI is InChI=1S/C27H27F2N5O3S/c1-25(19-9-17(3-5-20(19)28)10-21(29)22-6-4-18(11-30)12-32-22)13-26(2,38-24(31)33-25)23(35)34-7-8-37-27(14-34)15-36-16-27/h3-6,9-10,12H,7-8,13-16H2,1-2H3,(H2,31,33)/b21-10-/t25-,26+/m0/s1. The third-order valence-corrected chi connectivity index (χ3v) is 8.16. The molecule has 3 aliphatic rings. The molecule has 5 rings (SSSR count). The molecule has 1 spiro atoms. The van der Waals surface area contributed by atoms with Gasteiger partial charge >= 0.3 is 0 Å². The molecule has 0 aliphatic carbocycles. The van der Waals surface area contributed by atoms with Crippen LogP contribution in [0.4, 0.5) is 8.78 Å². The summed E-state index contributed by atoms with van der Waals surface area (Å²) in [4.78, 5) is 24.1. The first-order valence-corrected chi connectivity index (χ1v) is 13.0. The maximum Gasteiger partial charge on any atom is 0.239 e. The van der Waals surface area contributed by atoms with Crippen molar-refractivity contribution >= 4 is 34.7 Å². The van der Waals surface area contributed by atoms with E-state index in [0.717, 1.165) is 0 Å². The van der Waals surface area contributed by atoms with Crippen LogP contribution in [0.3, 0.4) is 0 Å². The summed E-state index contributed by atoms with van der Waals surface area (Å²) in [6.45, 7) is 5.71. The maximum absolute atomic E-state index is 15.2. The minimum absolute atomic E-state index is 0.0516. The zero-order chi connectivity index (χ0) is 27.1. The second-order valence-corrected chi connectivity index (χ2v) is 11.8. The number of pyridine rings is 1. The van der Waals surface area contributed by atoms with Gasteiger partial charge in [-0.15, -0.1) is 0 Å². The number of hydrogen-bond donors (Lipinski definition) is 1. The Morgan fingerprint density at radius 3 is 2.74 bits per heavy atom. The number of halogens is 2. The number of aliphatic imine (C=N–C) groups is 1. The van der Waals surface area contributed by atoms with Crippen molar-refractivity contribution in [2.24, 2.45) is 10.7 Å². The van der Waals surface area contributed by atoms with Crippen LogP contribution in [0, 0.1) is 17.1 Å². The molecule has 0 unspecified atom stereocenters. The summed E-state index contributed by atoms with van der Waals surface area (Å²) < 4.78 is 40.3. The minimum atomic E-state index is -1.17. The van der Waals surface area contributed by atoms with E-state index in [4.69, 9.17) is 20.5 Å². The average Bonchev–Trinajstić information content (AvgIpc) is 2.87.